The average molecular weight is 423 g/mol. The number of amides is 1. The van der Waals surface area contributed by atoms with Crippen molar-refractivity contribution in [2.45, 2.75) is 51.0 Å². The standard InChI is InChI=1S/C21H30N2O5S/c1-20(2)10-16-11-21(3,13-20)14-23(16)29(26,27)17-8-6-7-15(9-17)19(25)28-12-18(24)22(4)5/h6-9,16H,10-14H2,1-5H3/t16-,21+/m1/s1. The summed E-state index contributed by atoms with van der Waals surface area (Å²) in [6.07, 6.45) is 2.69. The zero-order valence-electron chi connectivity index (χ0n) is 17.8. The maximum Gasteiger partial charge on any atom is 0.338 e. The summed E-state index contributed by atoms with van der Waals surface area (Å²) in [7, 11) is -0.598. The van der Waals surface area contributed by atoms with Gasteiger partial charge in [0.25, 0.3) is 5.91 Å². The molecule has 3 rings (SSSR count). The topological polar surface area (TPSA) is 84.0 Å². The molecular formula is C21H30N2O5S. The Morgan fingerprint density at radius 3 is 2.55 bits per heavy atom. The van der Waals surface area contributed by atoms with E-state index in [9.17, 15) is 18.0 Å². The van der Waals surface area contributed by atoms with Crippen molar-refractivity contribution in [3.05, 3.63) is 29.8 Å². The smallest absolute Gasteiger partial charge is 0.338 e. The molecule has 1 amide bonds. The number of rotatable bonds is 5. The van der Waals surface area contributed by atoms with E-state index in [0.29, 0.717) is 6.54 Å². The summed E-state index contributed by atoms with van der Waals surface area (Å²) >= 11 is 0. The van der Waals surface area contributed by atoms with Gasteiger partial charge >= 0.3 is 5.97 Å². The van der Waals surface area contributed by atoms with Crippen molar-refractivity contribution in [2.24, 2.45) is 10.8 Å². The summed E-state index contributed by atoms with van der Waals surface area (Å²) in [4.78, 5) is 25.3. The van der Waals surface area contributed by atoms with Crippen molar-refractivity contribution in [1.29, 1.82) is 0 Å². The van der Waals surface area contributed by atoms with Crippen LogP contribution in [0.3, 0.4) is 0 Å². The molecule has 160 valence electrons. The van der Waals surface area contributed by atoms with Gasteiger partial charge in [0, 0.05) is 26.7 Å². The second-order valence-electron chi connectivity index (χ2n) is 9.66. The van der Waals surface area contributed by atoms with Crippen molar-refractivity contribution >= 4 is 21.9 Å². The molecule has 1 saturated heterocycles. The van der Waals surface area contributed by atoms with Gasteiger partial charge in [0.05, 0.1) is 10.5 Å². The first kappa shape index (κ1) is 21.8. The fourth-order valence-corrected chi connectivity index (χ4v) is 6.77. The highest BCUT2D eigenvalue weighted by Gasteiger charge is 2.53. The predicted octanol–water partition coefficient (Wildman–Crippen LogP) is 2.52. The van der Waals surface area contributed by atoms with Crippen LogP contribution in [0.1, 0.15) is 50.4 Å². The largest absolute Gasteiger partial charge is 0.452 e. The van der Waals surface area contributed by atoms with Gasteiger partial charge in [0.15, 0.2) is 6.61 Å². The quantitative estimate of drug-likeness (QED) is 0.681. The fourth-order valence-electron chi connectivity index (χ4n) is 4.95. The number of likely N-dealkylation sites (N-methyl/N-ethyl adjacent to an activating group) is 1. The summed E-state index contributed by atoms with van der Waals surface area (Å²) in [6, 6.07) is 5.85. The van der Waals surface area contributed by atoms with Crippen LogP contribution in [-0.2, 0) is 19.6 Å². The van der Waals surface area contributed by atoms with Crippen molar-refractivity contribution in [2.75, 3.05) is 27.2 Å². The molecule has 1 aliphatic carbocycles. The van der Waals surface area contributed by atoms with Gasteiger partial charge in [-0.1, -0.05) is 26.8 Å². The van der Waals surface area contributed by atoms with E-state index in [4.69, 9.17) is 4.74 Å². The van der Waals surface area contributed by atoms with Crippen LogP contribution < -0.4 is 0 Å². The second-order valence-corrected chi connectivity index (χ2v) is 11.5. The Hall–Kier alpha value is -1.93. The lowest BCUT2D eigenvalue weighted by Gasteiger charge is -2.39. The van der Waals surface area contributed by atoms with E-state index in [-0.39, 0.29) is 39.8 Å². The summed E-state index contributed by atoms with van der Waals surface area (Å²) in [5.74, 6) is -1.06. The zero-order chi connectivity index (χ0) is 21.6. The number of sulfonamides is 1. The third kappa shape index (κ3) is 4.48. The van der Waals surface area contributed by atoms with E-state index >= 15 is 0 Å². The molecule has 0 N–H and O–H groups in total. The minimum Gasteiger partial charge on any atom is -0.452 e. The number of benzene rings is 1. The number of hydrogen-bond acceptors (Lipinski definition) is 5. The monoisotopic (exact) mass is 422 g/mol. The fraction of sp³-hybridized carbons (Fsp3) is 0.619. The molecule has 2 bridgehead atoms. The van der Waals surface area contributed by atoms with E-state index in [0.717, 1.165) is 19.3 Å². The first-order valence-corrected chi connectivity index (χ1v) is 11.3. The number of ether oxygens (including phenoxy) is 1. The predicted molar refractivity (Wildman–Crippen MR) is 109 cm³/mol. The van der Waals surface area contributed by atoms with E-state index in [2.05, 4.69) is 20.8 Å². The first-order valence-electron chi connectivity index (χ1n) is 9.82. The van der Waals surface area contributed by atoms with Crippen molar-refractivity contribution in [1.82, 2.24) is 9.21 Å². The van der Waals surface area contributed by atoms with Crippen LogP contribution in [0.4, 0.5) is 0 Å². The Labute approximate surface area is 173 Å². The van der Waals surface area contributed by atoms with Crippen LogP contribution in [0, 0.1) is 10.8 Å². The van der Waals surface area contributed by atoms with E-state index < -0.39 is 16.0 Å². The number of fused-ring (bicyclic) bond motifs is 2. The molecule has 2 aliphatic rings. The minimum atomic E-state index is -3.73. The van der Waals surface area contributed by atoms with Gasteiger partial charge in [-0.2, -0.15) is 4.31 Å². The van der Waals surface area contributed by atoms with Gasteiger partial charge in [-0.3, -0.25) is 4.79 Å². The molecule has 1 aliphatic heterocycles. The number of carbonyl (C=O) groups is 2. The van der Waals surface area contributed by atoms with Gasteiger partial charge in [0.2, 0.25) is 10.0 Å². The lowest BCUT2D eigenvalue weighted by molar-refractivity contribution is -0.131. The molecule has 8 heteroatoms. The lowest BCUT2D eigenvalue weighted by Crippen LogP contribution is -2.37. The molecular weight excluding hydrogens is 392 g/mol. The van der Waals surface area contributed by atoms with Crippen molar-refractivity contribution < 1.29 is 22.7 Å². The molecule has 1 heterocycles. The van der Waals surface area contributed by atoms with Crippen LogP contribution in [0.2, 0.25) is 0 Å². The Morgan fingerprint density at radius 1 is 1.21 bits per heavy atom. The van der Waals surface area contributed by atoms with Crippen LogP contribution in [0.25, 0.3) is 0 Å². The van der Waals surface area contributed by atoms with Crippen LogP contribution >= 0.6 is 0 Å². The van der Waals surface area contributed by atoms with E-state index in [1.54, 1.807) is 18.4 Å². The van der Waals surface area contributed by atoms with Crippen LogP contribution in [-0.4, -0.2) is 62.8 Å². The Morgan fingerprint density at radius 2 is 1.90 bits per heavy atom. The molecule has 0 radical (unpaired) electrons. The maximum atomic E-state index is 13.4. The zero-order valence-corrected chi connectivity index (χ0v) is 18.6. The lowest BCUT2D eigenvalue weighted by atomic mass is 9.65. The SMILES string of the molecule is CN(C)C(=O)COC(=O)c1cccc(S(=O)(=O)N2C[C@@]3(C)C[C@H]2CC(C)(C)C3)c1. The second kappa shape index (κ2) is 7.40. The molecule has 1 aromatic rings. The third-order valence-corrected chi connectivity index (χ3v) is 7.76. The summed E-state index contributed by atoms with van der Waals surface area (Å²) in [5, 5.41) is 0. The highest BCUT2D eigenvalue weighted by atomic mass is 32.2. The van der Waals surface area contributed by atoms with Crippen LogP contribution in [0.15, 0.2) is 29.2 Å². The molecule has 0 aromatic heterocycles. The Balaban J connectivity index is 1.81. The number of carbonyl (C=O) groups excluding carboxylic acids is 2. The Kier molecular flexibility index (Phi) is 5.55. The van der Waals surface area contributed by atoms with Gasteiger partial charge < -0.3 is 9.64 Å². The average Bonchev–Trinajstić information content (AvgIpc) is 2.88. The molecule has 1 saturated carbocycles. The first-order chi connectivity index (χ1) is 13.3. The summed E-state index contributed by atoms with van der Waals surface area (Å²) in [5.41, 5.74) is 0.195. The molecule has 29 heavy (non-hydrogen) atoms. The number of hydrogen-bond donors (Lipinski definition) is 0. The molecule has 2 atom stereocenters. The molecule has 1 aromatic carbocycles. The maximum absolute atomic E-state index is 13.4. The van der Waals surface area contributed by atoms with Gasteiger partial charge in [-0.05, 0) is 48.3 Å². The number of nitrogens with zero attached hydrogens (tertiary/aromatic N) is 2. The highest BCUT2D eigenvalue weighted by molar-refractivity contribution is 7.89. The van der Waals surface area contributed by atoms with Crippen LogP contribution in [0.5, 0.6) is 0 Å². The Bertz CT molecular complexity index is 925. The van der Waals surface area contributed by atoms with Gasteiger partial charge in [0.1, 0.15) is 0 Å². The van der Waals surface area contributed by atoms with Gasteiger partial charge in [-0.25, -0.2) is 13.2 Å². The molecule has 0 spiro atoms. The van der Waals surface area contributed by atoms with E-state index in [1.807, 2.05) is 0 Å². The number of esters is 1. The summed E-state index contributed by atoms with van der Waals surface area (Å²) in [6.45, 7) is 6.66. The van der Waals surface area contributed by atoms with E-state index in [1.165, 1.54) is 29.2 Å². The highest BCUT2D eigenvalue weighted by Crippen LogP contribution is 2.53. The van der Waals surface area contributed by atoms with Gasteiger partial charge in [-0.15, -0.1) is 0 Å². The van der Waals surface area contributed by atoms with Crippen molar-refractivity contribution in [3.63, 3.8) is 0 Å². The molecule has 2 fully saturated rings. The molecule has 0 unspecified atom stereocenters. The molecule has 7 nitrogen and oxygen atoms in total. The van der Waals surface area contributed by atoms with Crippen molar-refractivity contribution in [3.8, 4) is 0 Å². The third-order valence-electron chi connectivity index (χ3n) is 5.87. The summed E-state index contributed by atoms with van der Waals surface area (Å²) < 4.78 is 33.4. The normalized spacial score (nSPS) is 26.2. The minimum absolute atomic E-state index is 0.0252.